The van der Waals surface area contributed by atoms with Crippen LogP contribution in [0.2, 0.25) is 0 Å². The molecule has 0 saturated carbocycles. The van der Waals surface area contributed by atoms with E-state index in [4.69, 9.17) is 5.73 Å². The quantitative estimate of drug-likeness (QED) is 0.620. The lowest BCUT2D eigenvalue weighted by atomic mass is 9.94. The number of hydrogen-bond acceptors (Lipinski definition) is 2. The Morgan fingerprint density at radius 3 is 2.31 bits per heavy atom. The molecule has 0 aliphatic carbocycles. The predicted molar refractivity (Wildman–Crippen MR) is 70.4 cm³/mol. The van der Waals surface area contributed by atoms with Gasteiger partial charge in [0.25, 0.3) is 0 Å². The van der Waals surface area contributed by atoms with Crippen LogP contribution < -0.4 is 5.73 Å². The summed E-state index contributed by atoms with van der Waals surface area (Å²) in [7, 11) is 0. The number of carbonyl (C=O) groups excluding carboxylic acids is 1. The average Bonchev–Trinajstić information content (AvgIpc) is 2.23. The fourth-order valence-corrected chi connectivity index (χ4v) is 1.99. The first-order chi connectivity index (χ1) is 7.60. The maximum absolute atomic E-state index is 11.6. The zero-order chi connectivity index (χ0) is 12.4. The Labute approximate surface area is 101 Å². The molecule has 2 heteroatoms. The van der Waals surface area contributed by atoms with Crippen molar-refractivity contribution in [3.63, 3.8) is 0 Å². The summed E-state index contributed by atoms with van der Waals surface area (Å²) < 4.78 is 0. The fourth-order valence-electron chi connectivity index (χ4n) is 1.99. The summed E-state index contributed by atoms with van der Waals surface area (Å²) in [5.74, 6) is 1.81. The molecule has 96 valence electrons. The number of Topliss-reactive ketones (excluding diaryl/α,β-unsaturated/α-hetero) is 1. The Kier molecular flexibility index (Phi) is 9.60. The van der Waals surface area contributed by atoms with E-state index in [9.17, 15) is 4.79 Å². The molecule has 0 saturated heterocycles. The minimum Gasteiger partial charge on any atom is -0.330 e. The predicted octanol–water partition coefficient (Wildman–Crippen LogP) is 3.54. The van der Waals surface area contributed by atoms with Crippen LogP contribution in [-0.2, 0) is 4.79 Å². The lowest BCUT2D eigenvalue weighted by Gasteiger charge is -2.12. The van der Waals surface area contributed by atoms with Gasteiger partial charge in [0.05, 0.1) is 0 Å². The molecule has 0 aliphatic heterocycles. The highest BCUT2D eigenvalue weighted by Crippen LogP contribution is 2.16. The van der Waals surface area contributed by atoms with E-state index in [-0.39, 0.29) is 0 Å². The second-order valence-electron chi connectivity index (χ2n) is 5.22. The first-order valence-corrected chi connectivity index (χ1v) is 6.81. The highest BCUT2D eigenvalue weighted by molar-refractivity contribution is 5.78. The van der Waals surface area contributed by atoms with Crippen molar-refractivity contribution in [1.82, 2.24) is 0 Å². The highest BCUT2D eigenvalue weighted by Gasteiger charge is 2.09. The molecule has 0 rings (SSSR count). The van der Waals surface area contributed by atoms with Gasteiger partial charge in [0.15, 0.2) is 0 Å². The van der Waals surface area contributed by atoms with Gasteiger partial charge in [-0.25, -0.2) is 0 Å². The maximum Gasteiger partial charge on any atom is 0.132 e. The molecule has 2 N–H and O–H groups in total. The van der Waals surface area contributed by atoms with Crippen LogP contribution in [0.3, 0.4) is 0 Å². The Balaban J connectivity index is 3.55. The van der Waals surface area contributed by atoms with Gasteiger partial charge in [-0.1, -0.05) is 33.6 Å². The third-order valence-electron chi connectivity index (χ3n) is 3.22. The summed E-state index contributed by atoms with van der Waals surface area (Å²) in [6.07, 6.45) is 7.02. The van der Waals surface area contributed by atoms with Gasteiger partial charge in [0.2, 0.25) is 0 Å². The Bertz CT molecular complexity index is 178. The number of ketones is 1. The minimum absolute atomic E-state index is 0.441. The van der Waals surface area contributed by atoms with E-state index in [0.29, 0.717) is 17.6 Å². The van der Waals surface area contributed by atoms with Crippen LogP contribution in [0.1, 0.15) is 65.7 Å². The van der Waals surface area contributed by atoms with Crippen LogP contribution in [0.25, 0.3) is 0 Å². The largest absolute Gasteiger partial charge is 0.330 e. The monoisotopic (exact) mass is 227 g/mol. The number of nitrogens with two attached hydrogens (primary N) is 1. The third kappa shape index (κ3) is 8.90. The van der Waals surface area contributed by atoms with Crippen molar-refractivity contribution in [3.05, 3.63) is 0 Å². The molecular formula is C14H29NO. The zero-order valence-corrected chi connectivity index (χ0v) is 11.3. The maximum atomic E-state index is 11.6. The molecule has 0 amide bonds. The molecule has 0 bridgehead atoms. The van der Waals surface area contributed by atoms with Gasteiger partial charge in [-0.2, -0.15) is 0 Å². The van der Waals surface area contributed by atoms with Crippen LogP contribution in [0.5, 0.6) is 0 Å². The summed E-state index contributed by atoms with van der Waals surface area (Å²) in [5, 5.41) is 0. The van der Waals surface area contributed by atoms with E-state index >= 15 is 0 Å². The molecule has 1 atom stereocenters. The van der Waals surface area contributed by atoms with Crippen molar-refractivity contribution < 1.29 is 4.79 Å². The molecule has 16 heavy (non-hydrogen) atoms. The number of hydrogen-bond donors (Lipinski definition) is 1. The van der Waals surface area contributed by atoms with E-state index in [1.54, 1.807) is 0 Å². The van der Waals surface area contributed by atoms with Gasteiger partial charge >= 0.3 is 0 Å². The molecule has 0 fully saturated rings. The zero-order valence-electron chi connectivity index (χ0n) is 11.3. The third-order valence-corrected chi connectivity index (χ3v) is 3.22. The van der Waals surface area contributed by atoms with Crippen molar-refractivity contribution in [1.29, 1.82) is 0 Å². The first-order valence-electron chi connectivity index (χ1n) is 6.81. The minimum atomic E-state index is 0.441. The standard InChI is InChI=1S/C14H29NO/c1-4-13(10-11-15)8-9-14(16)7-5-6-12(2)3/h12-13H,4-11,15H2,1-3H3. The van der Waals surface area contributed by atoms with E-state index < -0.39 is 0 Å². The molecule has 2 nitrogen and oxygen atoms in total. The molecule has 0 aromatic rings. The topological polar surface area (TPSA) is 43.1 Å². The lowest BCUT2D eigenvalue weighted by molar-refractivity contribution is -0.119. The second-order valence-corrected chi connectivity index (χ2v) is 5.22. The van der Waals surface area contributed by atoms with Crippen molar-refractivity contribution >= 4 is 5.78 Å². The van der Waals surface area contributed by atoms with Crippen molar-refractivity contribution in [2.45, 2.75) is 65.7 Å². The number of rotatable bonds is 10. The number of carbonyl (C=O) groups is 1. The normalized spacial score (nSPS) is 13.1. The smallest absolute Gasteiger partial charge is 0.132 e. The molecule has 0 aromatic carbocycles. The first kappa shape index (κ1) is 15.6. The van der Waals surface area contributed by atoms with E-state index in [1.807, 2.05) is 0 Å². The molecule has 0 aromatic heterocycles. The molecule has 0 aliphatic rings. The Hall–Kier alpha value is -0.370. The van der Waals surface area contributed by atoms with Crippen molar-refractivity contribution in [2.24, 2.45) is 17.6 Å². The van der Waals surface area contributed by atoms with Gasteiger partial charge in [0, 0.05) is 12.8 Å². The average molecular weight is 227 g/mol. The van der Waals surface area contributed by atoms with Gasteiger partial charge in [0.1, 0.15) is 5.78 Å². The summed E-state index contributed by atoms with van der Waals surface area (Å²) in [6.45, 7) is 7.35. The Morgan fingerprint density at radius 1 is 1.12 bits per heavy atom. The highest BCUT2D eigenvalue weighted by atomic mass is 16.1. The molecule has 0 spiro atoms. The van der Waals surface area contributed by atoms with Crippen LogP contribution in [-0.4, -0.2) is 12.3 Å². The second kappa shape index (κ2) is 9.83. The van der Waals surface area contributed by atoms with Crippen LogP contribution in [0.4, 0.5) is 0 Å². The summed E-state index contributed by atoms with van der Waals surface area (Å²) in [6, 6.07) is 0. The van der Waals surface area contributed by atoms with Crippen molar-refractivity contribution in [2.75, 3.05) is 6.54 Å². The molecule has 0 radical (unpaired) electrons. The Morgan fingerprint density at radius 2 is 1.81 bits per heavy atom. The van der Waals surface area contributed by atoms with Crippen LogP contribution >= 0.6 is 0 Å². The van der Waals surface area contributed by atoms with Gasteiger partial charge < -0.3 is 5.73 Å². The SMILES string of the molecule is CCC(CCN)CCC(=O)CCCC(C)C. The summed E-state index contributed by atoms with van der Waals surface area (Å²) in [5.41, 5.74) is 5.54. The molecule has 0 heterocycles. The van der Waals surface area contributed by atoms with E-state index in [2.05, 4.69) is 20.8 Å². The summed E-state index contributed by atoms with van der Waals surface area (Å²) >= 11 is 0. The molecular weight excluding hydrogens is 198 g/mol. The van der Waals surface area contributed by atoms with Gasteiger partial charge in [-0.3, -0.25) is 4.79 Å². The van der Waals surface area contributed by atoms with Crippen LogP contribution in [0.15, 0.2) is 0 Å². The van der Waals surface area contributed by atoms with Gasteiger partial charge in [-0.15, -0.1) is 0 Å². The van der Waals surface area contributed by atoms with E-state index in [0.717, 1.165) is 45.1 Å². The lowest BCUT2D eigenvalue weighted by Crippen LogP contribution is -2.10. The molecule has 1 unspecified atom stereocenters. The van der Waals surface area contributed by atoms with Gasteiger partial charge in [-0.05, 0) is 37.6 Å². The van der Waals surface area contributed by atoms with Crippen molar-refractivity contribution in [3.8, 4) is 0 Å². The van der Waals surface area contributed by atoms with Crippen LogP contribution in [0, 0.1) is 11.8 Å². The summed E-state index contributed by atoms with van der Waals surface area (Å²) in [4.78, 5) is 11.6. The fraction of sp³-hybridized carbons (Fsp3) is 0.929. The van der Waals surface area contributed by atoms with E-state index in [1.165, 1.54) is 6.42 Å².